The minimum absolute atomic E-state index is 0.146. The number of hydrogen-bond acceptors (Lipinski definition) is 3. The van der Waals surface area contributed by atoms with Gasteiger partial charge in [-0.2, -0.15) is 0 Å². The number of aliphatic hydroxyl groups excluding tert-OH is 1. The van der Waals surface area contributed by atoms with Crippen LogP contribution in [0.4, 0.5) is 10.5 Å². The fourth-order valence-corrected chi connectivity index (χ4v) is 2.46. The maximum atomic E-state index is 12.0. The number of hydrogen-bond donors (Lipinski definition) is 3. The van der Waals surface area contributed by atoms with Crippen LogP contribution in [0.5, 0.6) is 5.75 Å². The number of rotatable bonds is 6. The molecule has 3 N–H and O–H groups in total. The van der Waals surface area contributed by atoms with Gasteiger partial charge >= 0.3 is 6.03 Å². The zero-order chi connectivity index (χ0) is 17.5. The monoisotopic (exact) mass is 328 g/mol. The van der Waals surface area contributed by atoms with Crippen LogP contribution in [0.2, 0.25) is 0 Å². The van der Waals surface area contributed by atoms with Gasteiger partial charge < -0.3 is 20.5 Å². The molecule has 0 aromatic heterocycles. The second-order valence-electron chi connectivity index (χ2n) is 5.62. The van der Waals surface area contributed by atoms with Gasteiger partial charge in [-0.1, -0.05) is 24.3 Å². The molecule has 0 radical (unpaired) electrons. The van der Waals surface area contributed by atoms with Gasteiger partial charge in [-0.3, -0.25) is 0 Å². The normalized spacial score (nSPS) is 11.7. The van der Waals surface area contributed by atoms with E-state index in [1.54, 1.807) is 6.07 Å². The Hall–Kier alpha value is -2.53. The van der Waals surface area contributed by atoms with Gasteiger partial charge in [0.05, 0.1) is 12.7 Å². The van der Waals surface area contributed by atoms with Crippen LogP contribution in [0.25, 0.3) is 0 Å². The quantitative estimate of drug-likeness (QED) is 0.759. The van der Waals surface area contributed by atoms with Crippen molar-refractivity contribution in [3.8, 4) is 5.75 Å². The van der Waals surface area contributed by atoms with Gasteiger partial charge in [0, 0.05) is 12.2 Å². The van der Waals surface area contributed by atoms with Crippen LogP contribution in [0.15, 0.2) is 42.5 Å². The van der Waals surface area contributed by atoms with Gasteiger partial charge in [0.1, 0.15) is 5.75 Å². The summed E-state index contributed by atoms with van der Waals surface area (Å²) in [5.74, 6) is 0.774. The number of carbonyl (C=O) groups is 1. The third kappa shape index (κ3) is 4.73. The summed E-state index contributed by atoms with van der Waals surface area (Å²) in [4.78, 5) is 12.0. The molecule has 0 spiro atoms. The molecular weight excluding hydrogens is 304 g/mol. The van der Waals surface area contributed by atoms with Crippen molar-refractivity contribution in [2.75, 3.05) is 18.5 Å². The number of aryl methyl sites for hydroxylation is 2. The maximum Gasteiger partial charge on any atom is 0.319 e. The predicted molar refractivity (Wildman–Crippen MR) is 95.5 cm³/mol. The molecule has 0 aliphatic rings. The van der Waals surface area contributed by atoms with Gasteiger partial charge in [0.15, 0.2) is 0 Å². The molecule has 0 bridgehead atoms. The van der Waals surface area contributed by atoms with Crippen molar-refractivity contribution in [1.82, 2.24) is 5.32 Å². The molecule has 0 aliphatic heterocycles. The van der Waals surface area contributed by atoms with Crippen LogP contribution < -0.4 is 15.4 Å². The second kappa shape index (κ2) is 8.36. The average molecular weight is 328 g/mol. The Bertz CT molecular complexity index is 701. The van der Waals surface area contributed by atoms with E-state index in [9.17, 15) is 9.90 Å². The molecular formula is C19H24N2O3. The maximum absolute atomic E-state index is 12.0. The summed E-state index contributed by atoms with van der Waals surface area (Å²) in [5, 5.41) is 15.7. The van der Waals surface area contributed by atoms with Crippen molar-refractivity contribution in [1.29, 1.82) is 0 Å². The lowest BCUT2D eigenvalue weighted by atomic mass is 10.0. The van der Waals surface area contributed by atoms with E-state index in [-0.39, 0.29) is 12.6 Å². The lowest BCUT2D eigenvalue weighted by Gasteiger charge is -2.16. The number of ether oxygens (including phenoxy) is 1. The van der Waals surface area contributed by atoms with E-state index in [1.807, 2.05) is 57.2 Å². The summed E-state index contributed by atoms with van der Waals surface area (Å²) < 4.78 is 5.42. The van der Waals surface area contributed by atoms with E-state index >= 15 is 0 Å². The standard InChI is InChI=1S/C19H24N2O3/c1-4-24-15-9-10-17(14(3)11-15)21-19(23)20-12-18(22)16-8-6-5-7-13(16)2/h5-11,18,22H,4,12H2,1-3H3,(H2,20,21,23). The molecule has 0 saturated heterocycles. The zero-order valence-electron chi connectivity index (χ0n) is 14.3. The molecule has 128 valence electrons. The molecule has 2 aromatic carbocycles. The molecule has 0 aliphatic carbocycles. The molecule has 1 unspecified atom stereocenters. The first-order valence-corrected chi connectivity index (χ1v) is 8.03. The van der Waals surface area contributed by atoms with Crippen molar-refractivity contribution in [3.63, 3.8) is 0 Å². The van der Waals surface area contributed by atoms with Gasteiger partial charge in [-0.15, -0.1) is 0 Å². The smallest absolute Gasteiger partial charge is 0.319 e. The summed E-state index contributed by atoms with van der Waals surface area (Å²) in [7, 11) is 0. The van der Waals surface area contributed by atoms with E-state index in [4.69, 9.17) is 4.74 Å². The lowest BCUT2D eigenvalue weighted by molar-refractivity contribution is 0.174. The Morgan fingerprint density at radius 3 is 2.58 bits per heavy atom. The highest BCUT2D eigenvalue weighted by Gasteiger charge is 2.12. The van der Waals surface area contributed by atoms with Crippen molar-refractivity contribution >= 4 is 11.7 Å². The number of aliphatic hydroxyl groups is 1. The van der Waals surface area contributed by atoms with Crippen molar-refractivity contribution in [2.45, 2.75) is 26.9 Å². The lowest BCUT2D eigenvalue weighted by Crippen LogP contribution is -2.32. The van der Waals surface area contributed by atoms with E-state index in [0.717, 1.165) is 22.4 Å². The van der Waals surface area contributed by atoms with Gasteiger partial charge in [0.25, 0.3) is 0 Å². The molecule has 5 nitrogen and oxygen atoms in total. The first-order chi connectivity index (χ1) is 11.5. The van der Waals surface area contributed by atoms with E-state index < -0.39 is 6.10 Å². The predicted octanol–water partition coefficient (Wildman–Crippen LogP) is 3.56. The number of benzene rings is 2. The van der Waals surface area contributed by atoms with E-state index in [2.05, 4.69) is 10.6 Å². The minimum Gasteiger partial charge on any atom is -0.494 e. The van der Waals surface area contributed by atoms with Gasteiger partial charge in [0.2, 0.25) is 0 Å². The van der Waals surface area contributed by atoms with Gasteiger partial charge in [-0.25, -0.2) is 4.79 Å². The number of anilines is 1. The van der Waals surface area contributed by atoms with Crippen LogP contribution in [-0.4, -0.2) is 24.3 Å². The van der Waals surface area contributed by atoms with Crippen LogP contribution >= 0.6 is 0 Å². The Balaban J connectivity index is 1.90. The molecule has 2 rings (SSSR count). The number of urea groups is 1. The minimum atomic E-state index is -0.738. The van der Waals surface area contributed by atoms with Gasteiger partial charge in [-0.05, 0) is 55.7 Å². The molecule has 24 heavy (non-hydrogen) atoms. The zero-order valence-corrected chi connectivity index (χ0v) is 14.3. The molecule has 0 heterocycles. The first-order valence-electron chi connectivity index (χ1n) is 8.03. The summed E-state index contributed by atoms with van der Waals surface area (Å²) in [6.07, 6.45) is -0.738. The van der Waals surface area contributed by atoms with Crippen LogP contribution in [-0.2, 0) is 0 Å². The number of nitrogens with one attached hydrogen (secondary N) is 2. The van der Waals surface area contributed by atoms with Crippen LogP contribution in [0, 0.1) is 13.8 Å². The molecule has 0 saturated carbocycles. The fourth-order valence-electron chi connectivity index (χ4n) is 2.46. The third-order valence-corrected chi connectivity index (χ3v) is 3.76. The van der Waals surface area contributed by atoms with E-state index in [1.165, 1.54) is 0 Å². The Kier molecular flexibility index (Phi) is 6.21. The summed E-state index contributed by atoms with van der Waals surface area (Å²) in [6.45, 7) is 6.51. The van der Waals surface area contributed by atoms with Crippen molar-refractivity contribution < 1.29 is 14.6 Å². The average Bonchev–Trinajstić information content (AvgIpc) is 2.56. The largest absolute Gasteiger partial charge is 0.494 e. The molecule has 2 amide bonds. The first kappa shape index (κ1) is 17.8. The highest BCUT2D eigenvalue weighted by atomic mass is 16.5. The Morgan fingerprint density at radius 1 is 1.17 bits per heavy atom. The molecule has 2 aromatic rings. The molecule has 5 heteroatoms. The molecule has 1 atom stereocenters. The van der Waals surface area contributed by atoms with E-state index in [0.29, 0.717) is 12.3 Å². The summed E-state index contributed by atoms with van der Waals surface area (Å²) in [5.41, 5.74) is 3.43. The number of carbonyl (C=O) groups excluding carboxylic acids is 1. The Morgan fingerprint density at radius 2 is 1.92 bits per heavy atom. The van der Waals surface area contributed by atoms with Crippen LogP contribution in [0.1, 0.15) is 29.7 Å². The fraction of sp³-hybridized carbons (Fsp3) is 0.316. The SMILES string of the molecule is CCOc1ccc(NC(=O)NCC(O)c2ccccc2C)c(C)c1. The second-order valence-corrected chi connectivity index (χ2v) is 5.62. The number of amides is 2. The Labute approximate surface area is 142 Å². The third-order valence-electron chi connectivity index (χ3n) is 3.76. The van der Waals surface area contributed by atoms with Crippen molar-refractivity contribution in [3.05, 3.63) is 59.2 Å². The molecule has 0 fully saturated rings. The summed E-state index contributed by atoms with van der Waals surface area (Å²) in [6, 6.07) is 12.7. The summed E-state index contributed by atoms with van der Waals surface area (Å²) >= 11 is 0. The highest BCUT2D eigenvalue weighted by Crippen LogP contribution is 2.21. The highest BCUT2D eigenvalue weighted by molar-refractivity contribution is 5.90. The van der Waals surface area contributed by atoms with Crippen LogP contribution in [0.3, 0.4) is 0 Å². The topological polar surface area (TPSA) is 70.6 Å². The van der Waals surface area contributed by atoms with Crippen molar-refractivity contribution in [2.24, 2.45) is 0 Å².